The molecule has 90 valence electrons. The molecule has 0 N–H and O–H groups in total. The maximum atomic E-state index is 12.0. The molecule has 16 heavy (non-hydrogen) atoms. The molecule has 0 amide bonds. The number of carbonyl (C=O) groups is 1. The molecular weight excluding hydrogens is 268 g/mol. The topological polar surface area (TPSA) is 34.9 Å². The lowest BCUT2D eigenvalue weighted by atomic mass is 9.95. The van der Waals surface area contributed by atoms with Gasteiger partial charge in [0.15, 0.2) is 0 Å². The van der Waals surface area contributed by atoms with Gasteiger partial charge in [-0.2, -0.15) is 5.10 Å². The van der Waals surface area contributed by atoms with E-state index in [1.54, 1.807) is 4.68 Å². The first-order valence-electron chi connectivity index (χ1n) is 5.71. The third-order valence-electron chi connectivity index (χ3n) is 3.04. The van der Waals surface area contributed by atoms with Gasteiger partial charge in [-0.25, -0.2) is 0 Å². The molecule has 0 bridgehead atoms. The molecule has 0 aromatic carbocycles. The molecule has 0 saturated carbocycles. The highest BCUT2D eigenvalue weighted by atomic mass is 79.9. The first kappa shape index (κ1) is 13.4. The van der Waals surface area contributed by atoms with Crippen molar-refractivity contribution in [1.29, 1.82) is 0 Å². The summed E-state index contributed by atoms with van der Waals surface area (Å²) in [6.45, 7) is 6.07. The van der Waals surface area contributed by atoms with Gasteiger partial charge >= 0.3 is 0 Å². The van der Waals surface area contributed by atoms with Crippen LogP contribution in [0, 0.1) is 12.8 Å². The molecule has 0 radical (unpaired) electrons. The number of hydrogen-bond donors (Lipinski definition) is 0. The predicted octanol–water partition coefficient (Wildman–Crippen LogP) is 3.04. The van der Waals surface area contributed by atoms with Gasteiger partial charge in [0.25, 0.3) is 0 Å². The smallest absolute Gasteiger partial charge is 0.141 e. The Morgan fingerprint density at radius 1 is 1.44 bits per heavy atom. The molecule has 3 nitrogen and oxygen atoms in total. The third-order valence-corrected chi connectivity index (χ3v) is 4.08. The monoisotopic (exact) mass is 286 g/mol. The summed E-state index contributed by atoms with van der Waals surface area (Å²) in [5.74, 6) is 0.496. The summed E-state index contributed by atoms with van der Waals surface area (Å²) in [5.41, 5.74) is 1.92. The van der Waals surface area contributed by atoms with Crippen LogP contribution in [0.4, 0.5) is 0 Å². The lowest BCUT2D eigenvalue weighted by Gasteiger charge is -2.11. The van der Waals surface area contributed by atoms with Crippen molar-refractivity contribution in [3.05, 3.63) is 15.9 Å². The Kier molecular flexibility index (Phi) is 4.71. The fraction of sp³-hybridized carbons (Fsp3) is 0.667. The fourth-order valence-electron chi connectivity index (χ4n) is 1.93. The summed E-state index contributed by atoms with van der Waals surface area (Å²) in [4.78, 5) is 12.0. The van der Waals surface area contributed by atoms with E-state index in [0.29, 0.717) is 12.2 Å². The Balaban J connectivity index is 2.84. The maximum Gasteiger partial charge on any atom is 0.141 e. The van der Waals surface area contributed by atoms with Crippen molar-refractivity contribution >= 4 is 21.7 Å². The molecule has 1 rings (SSSR count). The van der Waals surface area contributed by atoms with Crippen LogP contribution >= 0.6 is 15.9 Å². The van der Waals surface area contributed by atoms with Crippen LogP contribution in [0.2, 0.25) is 0 Å². The van der Waals surface area contributed by atoms with Gasteiger partial charge in [-0.15, -0.1) is 0 Å². The third kappa shape index (κ3) is 2.73. The molecule has 0 aliphatic rings. The van der Waals surface area contributed by atoms with E-state index in [1.807, 2.05) is 14.0 Å². The first-order chi connectivity index (χ1) is 7.51. The van der Waals surface area contributed by atoms with Crippen molar-refractivity contribution in [1.82, 2.24) is 9.78 Å². The first-order valence-corrected chi connectivity index (χ1v) is 6.51. The van der Waals surface area contributed by atoms with Crippen LogP contribution in [0.5, 0.6) is 0 Å². The van der Waals surface area contributed by atoms with Gasteiger partial charge < -0.3 is 0 Å². The molecule has 1 heterocycles. The molecule has 0 spiro atoms. The molecule has 0 unspecified atom stereocenters. The lowest BCUT2D eigenvalue weighted by molar-refractivity contribution is -0.122. The normalized spacial score (nSPS) is 11.1. The van der Waals surface area contributed by atoms with E-state index in [-0.39, 0.29) is 5.92 Å². The van der Waals surface area contributed by atoms with E-state index in [4.69, 9.17) is 0 Å². The lowest BCUT2D eigenvalue weighted by Crippen LogP contribution is -2.17. The summed E-state index contributed by atoms with van der Waals surface area (Å²) >= 11 is 3.49. The summed E-state index contributed by atoms with van der Waals surface area (Å²) in [6.07, 6.45) is 2.32. The average molecular weight is 287 g/mol. The van der Waals surface area contributed by atoms with Crippen LogP contribution in [0.15, 0.2) is 4.47 Å². The van der Waals surface area contributed by atoms with E-state index < -0.39 is 0 Å². The van der Waals surface area contributed by atoms with Crippen molar-refractivity contribution in [3.8, 4) is 0 Å². The number of nitrogens with zero attached hydrogens (tertiary/aromatic N) is 2. The van der Waals surface area contributed by atoms with E-state index >= 15 is 0 Å². The summed E-state index contributed by atoms with van der Waals surface area (Å²) < 4.78 is 2.76. The summed E-state index contributed by atoms with van der Waals surface area (Å²) in [5, 5.41) is 4.29. The predicted molar refractivity (Wildman–Crippen MR) is 68.4 cm³/mol. The molecular formula is C12H19BrN2O. The zero-order valence-electron chi connectivity index (χ0n) is 10.4. The quantitative estimate of drug-likeness (QED) is 0.834. The van der Waals surface area contributed by atoms with Crippen molar-refractivity contribution in [2.75, 3.05) is 0 Å². The van der Waals surface area contributed by atoms with Gasteiger partial charge in [-0.3, -0.25) is 9.48 Å². The summed E-state index contributed by atoms with van der Waals surface area (Å²) in [6, 6.07) is 0. The molecule has 1 aromatic heterocycles. The van der Waals surface area contributed by atoms with E-state index in [0.717, 1.165) is 28.7 Å². The molecule has 1 aromatic rings. The molecule has 0 fully saturated rings. The van der Waals surface area contributed by atoms with Crippen molar-refractivity contribution < 1.29 is 4.79 Å². The van der Waals surface area contributed by atoms with E-state index in [2.05, 4.69) is 34.9 Å². The van der Waals surface area contributed by atoms with Crippen LogP contribution in [0.1, 0.15) is 38.1 Å². The highest BCUT2D eigenvalue weighted by molar-refractivity contribution is 9.10. The van der Waals surface area contributed by atoms with Crippen LogP contribution in [0.25, 0.3) is 0 Å². The van der Waals surface area contributed by atoms with Gasteiger partial charge in [0.05, 0.1) is 15.9 Å². The highest BCUT2D eigenvalue weighted by Gasteiger charge is 2.19. The number of aryl methyl sites for hydroxylation is 2. The Labute approximate surface area is 105 Å². The Morgan fingerprint density at radius 3 is 2.38 bits per heavy atom. The SMILES string of the molecule is CCC(CC)C(=O)Cc1c(Br)c(C)nn1C. The molecule has 4 heteroatoms. The van der Waals surface area contributed by atoms with Gasteiger partial charge in [-0.1, -0.05) is 13.8 Å². The minimum absolute atomic E-state index is 0.183. The number of ketones is 1. The second-order valence-corrected chi connectivity index (χ2v) is 4.92. The minimum Gasteiger partial charge on any atom is -0.299 e. The van der Waals surface area contributed by atoms with Crippen LogP contribution in [-0.4, -0.2) is 15.6 Å². The fourth-order valence-corrected chi connectivity index (χ4v) is 2.40. The molecule has 0 aliphatic heterocycles. The van der Waals surface area contributed by atoms with Crippen LogP contribution in [-0.2, 0) is 18.3 Å². The Morgan fingerprint density at radius 2 is 2.00 bits per heavy atom. The number of aromatic nitrogens is 2. The number of rotatable bonds is 5. The van der Waals surface area contributed by atoms with Gasteiger partial charge in [0, 0.05) is 19.4 Å². The molecule has 0 aliphatic carbocycles. The maximum absolute atomic E-state index is 12.0. The van der Waals surface area contributed by atoms with Gasteiger partial charge in [0.1, 0.15) is 5.78 Å². The van der Waals surface area contributed by atoms with Crippen molar-refractivity contribution in [3.63, 3.8) is 0 Å². The standard InChI is InChI=1S/C12H19BrN2O/c1-5-9(6-2)11(16)7-10-12(13)8(3)14-15(10)4/h9H,5-7H2,1-4H3. The highest BCUT2D eigenvalue weighted by Crippen LogP contribution is 2.22. The van der Waals surface area contributed by atoms with E-state index in [9.17, 15) is 4.79 Å². The number of carbonyl (C=O) groups excluding carboxylic acids is 1. The zero-order chi connectivity index (χ0) is 12.3. The summed E-state index contributed by atoms with van der Waals surface area (Å²) in [7, 11) is 1.88. The average Bonchev–Trinajstić information content (AvgIpc) is 2.47. The number of halogens is 1. The largest absolute Gasteiger partial charge is 0.299 e. The van der Waals surface area contributed by atoms with Gasteiger partial charge in [0.2, 0.25) is 0 Å². The van der Waals surface area contributed by atoms with Crippen LogP contribution < -0.4 is 0 Å². The zero-order valence-corrected chi connectivity index (χ0v) is 12.0. The Hall–Kier alpha value is -0.640. The van der Waals surface area contributed by atoms with E-state index in [1.165, 1.54) is 0 Å². The number of Topliss-reactive ketones (excluding diaryl/α,β-unsaturated/α-hetero) is 1. The number of hydrogen-bond acceptors (Lipinski definition) is 2. The van der Waals surface area contributed by atoms with Gasteiger partial charge in [-0.05, 0) is 35.7 Å². The van der Waals surface area contributed by atoms with Crippen molar-refractivity contribution in [2.24, 2.45) is 13.0 Å². The van der Waals surface area contributed by atoms with Crippen molar-refractivity contribution in [2.45, 2.75) is 40.0 Å². The van der Waals surface area contributed by atoms with Crippen LogP contribution in [0.3, 0.4) is 0 Å². The molecule has 0 atom stereocenters. The second kappa shape index (κ2) is 5.62. The second-order valence-electron chi connectivity index (χ2n) is 4.13. The Bertz CT molecular complexity index is 381. The minimum atomic E-state index is 0.183. The molecule has 0 saturated heterocycles.